The summed E-state index contributed by atoms with van der Waals surface area (Å²) in [5.41, 5.74) is 6.37. The second kappa shape index (κ2) is 6.13. The molecule has 1 aliphatic rings. The van der Waals surface area contributed by atoms with E-state index in [-0.39, 0.29) is 11.7 Å². The molecule has 0 unspecified atom stereocenters. The van der Waals surface area contributed by atoms with E-state index < -0.39 is 5.97 Å². The molecule has 5 heteroatoms. The predicted molar refractivity (Wildman–Crippen MR) is 78.2 cm³/mol. The van der Waals surface area contributed by atoms with Crippen molar-refractivity contribution in [1.82, 2.24) is 4.90 Å². The number of nitrogens with zero attached hydrogens (tertiary/aromatic N) is 1. The zero-order chi connectivity index (χ0) is 14.7. The summed E-state index contributed by atoms with van der Waals surface area (Å²) in [6.07, 6.45) is 1.82. The van der Waals surface area contributed by atoms with Gasteiger partial charge in [-0.2, -0.15) is 0 Å². The first kappa shape index (κ1) is 14.7. The highest BCUT2D eigenvalue weighted by Crippen LogP contribution is 2.29. The van der Waals surface area contributed by atoms with E-state index in [0.29, 0.717) is 17.5 Å². The molecule has 1 fully saturated rings. The van der Waals surface area contributed by atoms with Crippen molar-refractivity contribution in [2.24, 2.45) is 0 Å². The summed E-state index contributed by atoms with van der Waals surface area (Å²) in [4.78, 5) is 13.6. The summed E-state index contributed by atoms with van der Waals surface area (Å²) in [5, 5.41) is 9.19. The Morgan fingerprint density at radius 3 is 2.60 bits per heavy atom. The van der Waals surface area contributed by atoms with Crippen LogP contribution in [0.5, 0.6) is 5.75 Å². The van der Waals surface area contributed by atoms with Crippen LogP contribution in [0, 0.1) is 0 Å². The maximum Gasteiger partial charge on any atom is 0.339 e. The predicted octanol–water partition coefficient (Wildman–Crippen LogP) is 2.22. The van der Waals surface area contributed by atoms with Crippen LogP contribution >= 0.6 is 0 Å². The van der Waals surface area contributed by atoms with Gasteiger partial charge in [0.05, 0.1) is 5.69 Å². The van der Waals surface area contributed by atoms with Crippen molar-refractivity contribution < 1.29 is 14.6 Å². The van der Waals surface area contributed by atoms with Crippen molar-refractivity contribution in [2.75, 3.05) is 18.8 Å². The monoisotopic (exact) mass is 278 g/mol. The maximum absolute atomic E-state index is 11.2. The topological polar surface area (TPSA) is 75.8 Å². The lowest BCUT2D eigenvalue weighted by molar-refractivity contribution is 0.0668. The fourth-order valence-electron chi connectivity index (χ4n) is 2.53. The number of ether oxygens (including phenoxy) is 1. The number of rotatable bonds is 4. The van der Waals surface area contributed by atoms with Crippen molar-refractivity contribution in [3.63, 3.8) is 0 Å². The molecule has 0 aliphatic carbocycles. The van der Waals surface area contributed by atoms with Gasteiger partial charge >= 0.3 is 5.97 Å². The quantitative estimate of drug-likeness (QED) is 0.826. The molecular formula is C15H22N2O3. The Bertz CT molecular complexity index is 480. The van der Waals surface area contributed by atoms with Gasteiger partial charge in [-0.05, 0) is 38.8 Å². The molecule has 3 N–H and O–H groups in total. The van der Waals surface area contributed by atoms with Gasteiger partial charge in [-0.15, -0.1) is 0 Å². The molecule has 0 atom stereocenters. The first-order valence-electron chi connectivity index (χ1n) is 7.01. The molecule has 0 radical (unpaired) electrons. The Hall–Kier alpha value is -1.75. The minimum Gasteiger partial charge on any atom is -0.487 e. The van der Waals surface area contributed by atoms with Gasteiger partial charge in [0, 0.05) is 19.1 Å². The molecule has 5 nitrogen and oxygen atoms in total. The Morgan fingerprint density at radius 2 is 2.05 bits per heavy atom. The molecule has 20 heavy (non-hydrogen) atoms. The van der Waals surface area contributed by atoms with Gasteiger partial charge in [0.15, 0.2) is 5.75 Å². The van der Waals surface area contributed by atoms with Crippen LogP contribution in [0.4, 0.5) is 5.69 Å². The largest absolute Gasteiger partial charge is 0.487 e. The number of piperidine rings is 1. The molecule has 0 bridgehead atoms. The number of carboxylic acid groups (broad SMARTS) is 1. The van der Waals surface area contributed by atoms with Gasteiger partial charge in [-0.1, -0.05) is 6.07 Å². The van der Waals surface area contributed by atoms with E-state index >= 15 is 0 Å². The van der Waals surface area contributed by atoms with Crippen LogP contribution in [-0.2, 0) is 0 Å². The molecule has 1 heterocycles. The van der Waals surface area contributed by atoms with E-state index in [1.807, 2.05) is 0 Å². The highest BCUT2D eigenvalue weighted by atomic mass is 16.5. The third-order valence-electron chi connectivity index (χ3n) is 3.77. The molecule has 2 rings (SSSR count). The molecule has 1 saturated heterocycles. The molecule has 1 aliphatic heterocycles. The van der Waals surface area contributed by atoms with Gasteiger partial charge in [0.1, 0.15) is 11.7 Å². The number of likely N-dealkylation sites (tertiary alicyclic amines) is 1. The van der Waals surface area contributed by atoms with Crippen molar-refractivity contribution >= 4 is 11.7 Å². The molecule has 0 aromatic heterocycles. The molecule has 1 aromatic rings. The molecular weight excluding hydrogens is 256 g/mol. The molecule has 0 spiro atoms. The normalized spacial score (nSPS) is 17.4. The number of carboxylic acids is 1. The zero-order valence-corrected chi connectivity index (χ0v) is 12.0. The number of para-hydroxylation sites is 1. The highest BCUT2D eigenvalue weighted by Gasteiger charge is 2.24. The number of nitrogen functional groups attached to an aromatic ring is 1. The first-order chi connectivity index (χ1) is 9.49. The van der Waals surface area contributed by atoms with Gasteiger partial charge in [0.2, 0.25) is 0 Å². The van der Waals surface area contributed by atoms with E-state index in [2.05, 4.69) is 18.7 Å². The Labute approximate surface area is 119 Å². The van der Waals surface area contributed by atoms with E-state index in [1.165, 1.54) is 6.07 Å². The molecule has 110 valence electrons. The number of aromatic carboxylic acids is 1. The lowest BCUT2D eigenvalue weighted by Gasteiger charge is -2.34. The average Bonchev–Trinajstić information content (AvgIpc) is 2.41. The van der Waals surface area contributed by atoms with Crippen LogP contribution in [0.15, 0.2) is 18.2 Å². The van der Waals surface area contributed by atoms with Gasteiger partial charge in [-0.3, -0.25) is 0 Å². The fraction of sp³-hybridized carbons (Fsp3) is 0.533. The van der Waals surface area contributed by atoms with E-state index in [0.717, 1.165) is 25.9 Å². The summed E-state index contributed by atoms with van der Waals surface area (Å²) in [6, 6.07) is 5.36. The molecule has 0 amide bonds. The van der Waals surface area contributed by atoms with Crippen LogP contribution in [-0.4, -0.2) is 41.2 Å². The van der Waals surface area contributed by atoms with E-state index in [4.69, 9.17) is 10.5 Å². The minimum absolute atomic E-state index is 0.0350. The first-order valence-corrected chi connectivity index (χ1v) is 7.01. The summed E-state index contributed by atoms with van der Waals surface area (Å²) >= 11 is 0. The summed E-state index contributed by atoms with van der Waals surface area (Å²) in [7, 11) is 0. The van der Waals surface area contributed by atoms with E-state index in [1.54, 1.807) is 12.1 Å². The van der Waals surface area contributed by atoms with E-state index in [9.17, 15) is 9.90 Å². The van der Waals surface area contributed by atoms with Crippen LogP contribution in [0.25, 0.3) is 0 Å². The zero-order valence-electron chi connectivity index (χ0n) is 12.0. The number of carbonyl (C=O) groups is 1. The number of benzene rings is 1. The third-order valence-corrected chi connectivity index (χ3v) is 3.77. The van der Waals surface area contributed by atoms with Crippen molar-refractivity contribution in [3.05, 3.63) is 23.8 Å². The number of hydrogen-bond acceptors (Lipinski definition) is 4. The Morgan fingerprint density at radius 1 is 1.40 bits per heavy atom. The Kier molecular flexibility index (Phi) is 4.49. The lowest BCUT2D eigenvalue weighted by Crippen LogP contribution is -2.42. The summed E-state index contributed by atoms with van der Waals surface area (Å²) in [5.74, 6) is -0.699. The van der Waals surface area contributed by atoms with Crippen LogP contribution in [0.1, 0.15) is 37.0 Å². The fourth-order valence-corrected chi connectivity index (χ4v) is 2.53. The van der Waals surface area contributed by atoms with Gasteiger partial charge in [0.25, 0.3) is 0 Å². The van der Waals surface area contributed by atoms with Crippen molar-refractivity contribution in [3.8, 4) is 5.75 Å². The summed E-state index contributed by atoms with van der Waals surface area (Å²) in [6.45, 7) is 6.30. The Balaban J connectivity index is 2.06. The van der Waals surface area contributed by atoms with Crippen LogP contribution in [0.2, 0.25) is 0 Å². The van der Waals surface area contributed by atoms with Crippen molar-refractivity contribution in [1.29, 1.82) is 0 Å². The second-order valence-electron chi connectivity index (χ2n) is 5.48. The van der Waals surface area contributed by atoms with Crippen LogP contribution < -0.4 is 10.5 Å². The number of nitrogens with two attached hydrogens (primary N) is 1. The smallest absolute Gasteiger partial charge is 0.339 e. The highest BCUT2D eigenvalue weighted by molar-refractivity contribution is 5.93. The van der Waals surface area contributed by atoms with Crippen molar-refractivity contribution in [2.45, 2.75) is 38.8 Å². The van der Waals surface area contributed by atoms with Crippen LogP contribution in [0.3, 0.4) is 0 Å². The maximum atomic E-state index is 11.2. The third kappa shape index (κ3) is 3.22. The van der Waals surface area contributed by atoms with Gasteiger partial charge < -0.3 is 20.5 Å². The number of hydrogen-bond donors (Lipinski definition) is 2. The van der Waals surface area contributed by atoms with Gasteiger partial charge in [-0.25, -0.2) is 4.79 Å². The molecule has 1 aromatic carbocycles. The summed E-state index contributed by atoms with van der Waals surface area (Å²) < 4.78 is 5.87. The second-order valence-corrected chi connectivity index (χ2v) is 5.48. The number of anilines is 1. The average molecular weight is 278 g/mol. The lowest BCUT2D eigenvalue weighted by atomic mass is 10.1. The standard InChI is InChI=1S/C15H22N2O3/c1-10(2)17-8-6-11(7-9-17)20-14-12(15(18)19)4-3-5-13(14)16/h3-5,10-11H,6-9,16H2,1-2H3,(H,18,19). The molecule has 0 saturated carbocycles. The minimum atomic E-state index is -1.01. The SMILES string of the molecule is CC(C)N1CCC(Oc2c(N)cccc2C(=O)O)CC1.